The number of rotatable bonds is 5. The van der Waals surface area contributed by atoms with Gasteiger partial charge in [0.25, 0.3) is 0 Å². The number of carboxylic acids is 1. The number of aromatic carboxylic acids is 1. The summed E-state index contributed by atoms with van der Waals surface area (Å²) >= 11 is 0. The third-order valence-electron chi connectivity index (χ3n) is 3.66. The van der Waals surface area contributed by atoms with Crippen LogP contribution in [0, 0.1) is 0 Å². The Labute approximate surface area is 117 Å². The van der Waals surface area contributed by atoms with E-state index in [2.05, 4.69) is 11.2 Å². The maximum atomic E-state index is 11.5. The third kappa shape index (κ3) is 2.33. The van der Waals surface area contributed by atoms with Gasteiger partial charge in [0, 0.05) is 12.0 Å². The van der Waals surface area contributed by atoms with Crippen LogP contribution in [-0.2, 0) is 6.42 Å². The summed E-state index contributed by atoms with van der Waals surface area (Å²) in [6.45, 7) is 1.99. The lowest BCUT2D eigenvalue weighted by Crippen LogP contribution is -2.01. The summed E-state index contributed by atoms with van der Waals surface area (Å²) in [5.74, 6) is 0.124. The van der Waals surface area contributed by atoms with Gasteiger partial charge < -0.3 is 9.63 Å². The minimum absolute atomic E-state index is 0.208. The molecule has 0 atom stereocenters. The highest BCUT2D eigenvalue weighted by Gasteiger charge is 2.26. The smallest absolute Gasteiger partial charge is 0.341 e. The summed E-state index contributed by atoms with van der Waals surface area (Å²) in [5, 5.41) is 13.4. The van der Waals surface area contributed by atoms with E-state index in [9.17, 15) is 9.90 Å². The maximum absolute atomic E-state index is 11.5. The summed E-state index contributed by atoms with van der Waals surface area (Å²) in [4.78, 5) is 11.5. The van der Waals surface area contributed by atoms with Crippen LogP contribution in [0.3, 0.4) is 0 Å². The Morgan fingerprint density at radius 2 is 2.25 bits per heavy atom. The van der Waals surface area contributed by atoms with Gasteiger partial charge >= 0.3 is 5.97 Å². The quantitative estimate of drug-likeness (QED) is 0.896. The van der Waals surface area contributed by atoms with Gasteiger partial charge in [-0.15, -0.1) is 0 Å². The lowest BCUT2D eigenvalue weighted by Gasteiger charge is -2.02. The molecule has 1 saturated carbocycles. The molecular weight excluding hydrogens is 254 g/mol. The highest BCUT2D eigenvalue weighted by atomic mass is 16.5. The molecule has 104 valence electrons. The average Bonchev–Trinajstić information content (AvgIpc) is 3.20. The standard InChI is InChI=1S/C16H17NO3/c1-2-4-13-14(16(18)19)15(17-20-13)12-6-3-5-11(9-12)10-7-8-10/h3,5-6,9-10H,2,4,7-8H2,1H3,(H,18,19). The van der Waals surface area contributed by atoms with E-state index in [4.69, 9.17) is 4.52 Å². The van der Waals surface area contributed by atoms with Crippen molar-refractivity contribution in [2.24, 2.45) is 0 Å². The number of hydrogen-bond acceptors (Lipinski definition) is 3. The van der Waals surface area contributed by atoms with Crippen LogP contribution < -0.4 is 0 Å². The van der Waals surface area contributed by atoms with E-state index in [1.807, 2.05) is 25.1 Å². The van der Waals surface area contributed by atoms with Crippen molar-refractivity contribution < 1.29 is 14.4 Å². The number of aromatic nitrogens is 1. The molecule has 20 heavy (non-hydrogen) atoms. The van der Waals surface area contributed by atoms with Crippen molar-refractivity contribution in [1.82, 2.24) is 5.16 Å². The van der Waals surface area contributed by atoms with Crippen LogP contribution in [0.1, 0.15) is 53.8 Å². The molecule has 0 amide bonds. The molecule has 1 aliphatic carbocycles. The molecule has 0 unspecified atom stereocenters. The second-order valence-corrected chi connectivity index (χ2v) is 5.28. The zero-order valence-electron chi connectivity index (χ0n) is 11.4. The van der Waals surface area contributed by atoms with Gasteiger partial charge in [-0.3, -0.25) is 0 Å². The van der Waals surface area contributed by atoms with Crippen molar-refractivity contribution in [3.05, 3.63) is 41.2 Å². The van der Waals surface area contributed by atoms with E-state index in [1.165, 1.54) is 18.4 Å². The fraction of sp³-hybridized carbons (Fsp3) is 0.375. The Kier molecular flexibility index (Phi) is 3.30. The molecule has 0 aliphatic heterocycles. The summed E-state index contributed by atoms with van der Waals surface area (Å²) in [5.41, 5.74) is 2.75. The number of benzene rings is 1. The molecule has 1 heterocycles. The zero-order chi connectivity index (χ0) is 14.1. The molecule has 1 aromatic heterocycles. The number of hydrogen-bond donors (Lipinski definition) is 1. The molecule has 4 nitrogen and oxygen atoms in total. The van der Waals surface area contributed by atoms with E-state index in [0.29, 0.717) is 23.8 Å². The van der Waals surface area contributed by atoms with Crippen molar-refractivity contribution in [2.75, 3.05) is 0 Å². The summed E-state index contributed by atoms with van der Waals surface area (Å²) in [6, 6.07) is 7.99. The second-order valence-electron chi connectivity index (χ2n) is 5.28. The summed E-state index contributed by atoms with van der Waals surface area (Å²) in [7, 11) is 0. The minimum Gasteiger partial charge on any atom is -0.477 e. The number of aryl methyl sites for hydroxylation is 1. The van der Waals surface area contributed by atoms with Crippen LogP contribution in [0.4, 0.5) is 0 Å². The number of carbonyl (C=O) groups is 1. The van der Waals surface area contributed by atoms with Crippen LogP contribution in [0.2, 0.25) is 0 Å². The number of carboxylic acid groups (broad SMARTS) is 1. The van der Waals surface area contributed by atoms with Gasteiger partial charge in [-0.05, 0) is 36.8 Å². The minimum atomic E-state index is -0.971. The van der Waals surface area contributed by atoms with Crippen molar-refractivity contribution >= 4 is 5.97 Å². The lowest BCUT2D eigenvalue weighted by molar-refractivity contribution is 0.0695. The molecule has 4 heteroatoms. The molecule has 2 aromatic rings. The molecule has 0 bridgehead atoms. The third-order valence-corrected chi connectivity index (χ3v) is 3.66. The Balaban J connectivity index is 2.04. The molecule has 0 spiro atoms. The fourth-order valence-electron chi connectivity index (χ4n) is 2.50. The highest BCUT2D eigenvalue weighted by Crippen LogP contribution is 2.41. The van der Waals surface area contributed by atoms with Crippen LogP contribution in [0.5, 0.6) is 0 Å². The van der Waals surface area contributed by atoms with Crippen molar-refractivity contribution in [3.63, 3.8) is 0 Å². The zero-order valence-corrected chi connectivity index (χ0v) is 11.4. The molecule has 1 aliphatic rings. The first-order valence-electron chi connectivity index (χ1n) is 7.03. The van der Waals surface area contributed by atoms with Gasteiger partial charge in [0.2, 0.25) is 0 Å². The molecule has 1 fully saturated rings. The van der Waals surface area contributed by atoms with E-state index in [0.717, 1.165) is 12.0 Å². The molecule has 0 saturated heterocycles. The first-order chi connectivity index (χ1) is 9.70. The van der Waals surface area contributed by atoms with E-state index >= 15 is 0 Å². The molecule has 0 radical (unpaired) electrons. The largest absolute Gasteiger partial charge is 0.477 e. The molecule has 1 N–H and O–H groups in total. The Morgan fingerprint density at radius 3 is 2.90 bits per heavy atom. The average molecular weight is 271 g/mol. The van der Waals surface area contributed by atoms with Crippen LogP contribution in [-0.4, -0.2) is 16.2 Å². The maximum Gasteiger partial charge on any atom is 0.341 e. The normalized spacial score (nSPS) is 14.4. The number of nitrogens with zero attached hydrogens (tertiary/aromatic N) is 1. The lowest BCUT2D eigenvalue weighted by atomic mass is 10.0. The van der Waals surface area contributed by atoms with Crippen LogP contribution in [0.25, 0.3) is 11.3 Å². The van der Waals surface area contributed by atoms with Crippen LogP contribution in [0.15, 0.2) is 28.8 Å². The van der Waals surface area contributed by atoms with E-state index < -0.39 is 5.97 Å². The van der Waals surface area contributed by atoms with Gasteiger partial charge in [0.05, 0.1) is 0 Å². The van der Waals surface area contributed by atoms with Gasteiger partial charge in [-0.1, -0.05) is 30.3 Å². The van der Waals surface area contributed by atoms with E-state index in [-0.39, 0.29) is 5.56 Å². The monoisotopic (exact) mass is 271 g/mol. The fourth-order valence-corrected chi connectivity index (χ4v) is 2.50. The van der Waals surface area contributed by atoms with Crippen molar-refractivity contribution in [1.29, 1.82) is 0 Å². The van der Waals surface area contributed by atoms with Crippen molar-refractivity contribution in [2.45, 2.75) is 38.5 Å². The summed E-state index contributed by atoms with van der Waals surface area (Å²) in [6.07, 6.45) is 3.86. The SMILES string of the molecule is CCCc1onc(-c2cccc(C3CC3)c2)c1C(=O)O. The first kappa shape index (κ1) is 12.9. The first-order valence-corrected chi connectivity index (χ1v) is 7.03. The topological polar surface area (TPSA) is 63.3 Å². The van der Waals surface area contributed by atoms with E-state index in [1.54, 1.807) is 0 Å². The molecule has 3 rings (SSSR count). The van der Waals surface area contributed by atoms with Gasteiger partial charge in [0.15, 0.2) is 5.76 Å². The van der Waals surface area contributed by atoms with Gasteiger partial charge in [-0.25, -0.2) is 4.79 Å². The van der Waals surface area contributed by atoms with Crippen LogP contribution >= 0.6 is 0 Å². The predicted molar refractivity (Wildman–Crippen MR) is 74.9 cm³/mol. The predicted octanol–water partition coefficient (Wildman–Crippen LogP) is 3.87. The molecule has 1 aromatic carbocycles. The van der Waals surface area contributed by atoms with Gasteiger partial charge in [-0.2, -0.15) is 0 Å². The Bertz CT molecular complexity index is 641. The van der Waals surface area contributed by atoms with Gasteiger partial charge in [0.1, 0.15) is 11.3 Å². The second kappa shape index (κ2) is 5.12. The Hall–Kier alpha value is -2.10. The highest BCUT2D eigenvalue weighted by molar-refractivity contribution is 5.95. The Morgan fingerprint density at radius 1 is 1.45 bits per heavy atom. The van der Waals surface area contributed by atoms with Crippen molar-refractivity contribution in [3.8, 4) is 11.3 Å². The molecular formula is C16H17NO3. The summed E-state index contributed by atoms with van der Waals surface area (Å²) < 4.78 is 5.24.